The first-order valence-electron chi connectivity index (χ1n) is 9.63. The lowest BCUT2D eigenvalue weighted by Crippen LogP contribution is -2.27. The molecule has 1 aliphatic rings. The summed E-state index contributed by atoms with van der Waals surface area (Å²) >= 11 is 11.9. The molecule has 0 atom stereocenters. The van der Waals surface area contributed by atoms with Crippen molar-refractivity contribution in [2.24, 2.45) is 5.10 Å². The summed E-state index contributed by atoms with van der Waals surface area (Å²) in [7, 11) is 0. The summed E-state index contributed by atoms with van der Waals surface area (Å²) in [4.78, 5) is 24.4. The van der Waals surface area contributed by atoms with Gasteiger partial charge in [0.25, 0.3) is 5.91 Å². The molecule has 1 aliphatic carbocycles. The molecule has 0 radical (unpaired) electrons. The van der Waals surface area contributed by atoms with Gasteiger partial charge in [0.2, 0.25) is 5.76 Å². The van der Waals surface area contributed by atoms with Crippen LogP contribution in [0.3, 0.4) is 0 Å². The van der Waals surface area contributed by atoms with Gasteiger partial charge in [-0.3, -0.25) is 4.79 Å². The molecule has 1 amide bonds. The van der Waals surface area contributed by atoms with E-state index in [0.717, 1.165) is 18.4 Å². The Kier molecular flexibility index (Phi) is 7.39. The Labute approximate surface area is 184 Å². The summed E-state index contributed by atoms with van der Waals surface area (Å²) in [6.07, 6.45) is 2.88. The van der Waals surface area contributed by atoms with Crippen LogP contribution in [0.15, 0.2) is 27.7 Å². The van der Waals surface area contributed by atoms with E-state index in [9.17, 15) is 9.59 Å². The summed E-state index contributed by atoms with van der Waals surface area (Å²) in [6.45, 7) is 3.78. The van der Waals surface area contributed by atoms with Crippen LogP contribution in [0.1, 0.15) is 53.6 Å². The summed E-state index contributed by atoms with van der Waals surface area (Å²) in [5, 5.41) is 5.03. The Morgan fingerprint density at radius 2 is 2.07 bits per heavy atom. The number of hydrazone groups is 1. The van der Waals surface area contributed by atoms with Crippen molar-refractivity contribution in [3.8, 4) is 5.75 Å². The van der Waals surface area contributed by atoms with E-state index in [0.29, 0.717) is 52.3 Å². The van der Waals surface area contributed by atoms with Crippen LogP contribution in [0.25, 0.3) is 0 Å². The molecule has 0 saturated carbocycles. The van der Waals surface area contributed by atoms with E-state index in [-0.39, 0.29) is 12.4 Å². The second-order valence-electron chi connectivity index (χ2n) is 6.80. The lowest BCUT2D eigenvalue weighted by atomic mass is 9.93. The summed E-state index contributed by atoms with van der Waals surface area (Å²) in [5.41, 5.74) is 4.57. The molecule has 9 heteroatoms. The predicted octanol–water partition coefficient (Wildman–Crippen LogP) is 4.70. The Hall–Kier alpha value is -2.51. The average molecular weight is 453 g/mol. The molecule has 7 nitrogen and oxygen atoms in total. The standard InChI is InChI=1S/C21H22Cl2N2O5/c1-3-9-28-21(27)20-12(2)19-15(5-4-6-17(19)30-20)24-25-18(26)11-29-16-8-7-13(22)10-14(16)23/h7-8,10H,3-6,9,11H2,1-2H3,(H,25,26)/b24-15+. The number of rotatable bonds is 7. The quantitative estimate of drug-likeness (QED) is 0.485. The van der Waals surface area contributed by atoms with E-state index in [2.05, 4.69) is 10.5 Å². The number of amides is 1. The molecule has 1 aromatic heterocycles. The van der Waals surface area contributed by atoms with Crippen molar-refractivity contribution in [3.05, 3.63) is 50.9 Å². The van der Waals surface area contributed by atoms with Crippen molar-refractivity contribution in [2.75, 3.05) is 13.2 Å². The highest BCUT2D eigenvalue weighted by molar-refractivity contribution is 6.35. The number of hydrogen-bond acceptors (Lipinski definition) is 6. The molecule has 0 aliphatic heterocycles. The maximum atomic E-state index is 12.2. The van der Waals surface area contributed by atoms with Crippen molar-refractivity contribution >= 4 is 40.8 Å². The molecule has 0 saturated heterocycles. The van der Waals surface area contributed by atoms with E-state index in [4.69, 9.17) is 37.1 Å². The molecule has 0 spiro atoms. The zero-order valence-electron chi connectivity index (χ0n) is 16.7. The predicted molar refractivity (Wildman–Crippen MR) is 114 cm³/mol. The molecule has 0 bridgehead atoms. The van der Waals surface area contributed by atoms with E-state index >= 15 is 0 Å². The van der Waals surface area contributed by atoms with Crippen LogP contribution in [0, 0.1) is 6.92 Å². The van der Waals surface area contributed by atoms with E-state index in [1.807, 2.05) is 6.92 Å². The van der Waals surface area contributed by atoms with Crippen molar-refractivity contribution in [2.45, 2.75) is 39.5 Å². The van der Waals surface area contributed by atoms with E-state index in [1.54, 1.807) is 19.1 Å². The van der Waals surface area contributed by atoms with Gasteiger partial charge in [-0.05, 0) is 44.4 Å². The zero-order valence-corrected chi connectivity index (χ0v) is 18.2. The monoisotopic (exact) mass is 452 g/mol. The average Bonchev–Trinajstić information content (AvgIpc) is 3.07. The van der Waals surface area contributed by atoms with E-state index in [1.165, 1.54) is 6.07 Å². The number of furan rings is 1. The number of nitrogens with one attached hydrogen (secondary N) is 1. The number of nitrogens with zero attached hydrogens (tertiary/aromatic N) is 1. The van der Waals surface area contributed by atoms with Crippen LogP contribution in [0.2, 0.25) is 10.0 Å². The number of halogens is 2. The van der Waals surface area contributed by atoms with Crippen LogP contribution in [-0.2, 0) is 16.0 Å². The lowest BCUT2D eigenvalue weighted by Gasteiger charge is -2.13. The maximum absolute atomic E-state index is 12.2. The Morgan fingerprint density at radius 3 is 2.80 bits per heavy atom. The SMILES string of the molecule is CCCOC(=O)c1oc2c(c1C)/C(=N/NC(=O)COc1ccc(Cl)cc1Cl)CCC2. The molecular formula is C21H22Cl2N2O5. The van der Waals surface area contributed by atoms with Gasteiger partial charge in [-0.1, -0.05) is 30.1 Å². The highest BCUT2D eigenvalue weighted by atomic mass is 35.5. The van der Waals surface area contributed by atoms with Gasteiger partial charge in [-0.15, -0.1) is 0 Å². The second kappa shape index (κ2) is 10.00. The molecule has 1 aromatic carbocycles. The van der Waals surface area contributed by atoms with Gasteiger partial charge in [0.1, 0.15) is 11.5 Å². The first-order valence-corrected chi connectivity index (χ1v) is 10.4. The normalized spacial score (nSPS) is 14.3. The third kappa shape index (κ3) is 5.15. The number of fused-ring (bicyclic) bond motifs is 1. The van der Waals surface area contributed by atoms with Gasteiger partial charge in [0, 0.05) is 22.6 Å². The number of aryl methyl sites for hydroxylation is 1. The molecule has 1 N–H and O–H groups in total. The van der Waals surface area contributed by atoms with E-state index < -0.39 is 11.9 Å². The van der Waals surface area contributed by atoms with Crippen molar-refractivity contribution < 1.29 is 23.5 Å². The summed E-state index contributed by atoms with van der Waals surface area (Å²) in [6, 6.07) is 4.74. The molecule has 0 fully saturated rings. The lowest BCUT2D eigenvalue weighted by molar-refractivity contribution is -0.123. The number of ether oxygens (including phenoxy) is 2. The molecule has 2 aromatic rings. The van der Waals surface area contributed by atoms with Gasteiger partial charge in [-0.2, -0.15) is 5.10 Å². The van der Waals surface area contributed by atoms with Crippen LogP contribution in [0.4, 0.5) is 0 Å². The summed E-state index contributed by atoms with van der Waals surface area (Å²) in [5.74, 6) is 0.295. The fourth-order valence-corrected chi connectivity index (χ4v) is 3.60. The fraction of sp³-hybridized carbons (Fsp3) is 0.381. The van der Waals surface area contributed by atoms with Gasteiger partial charge >= 0.3 is 5.97 Å². The van der Waals surface area contributed by atoms with Crippen LogP contribution >= 0.6 is 23.2 Å². The van der Waals surface area contributed by atoms with Gasteiger partial charge < -0.3 is 13.9 Å². The van der Waals surface area contributed by atoms with Crippen molar-refractivity contribution in [3.63, 3.8) is 0 Å². The van der Waals surface area contributed by atoms with Gasteiger partial charge in [-0.25, -0.2) is 10.2 Å². The molecule has 30 heavy (non-hydrogen) atoms. The Morgan fingerprint density at radius 1 is 1.27 bits per heavy atom. The molecular weight excluding hydrogens is 431 g/mol. The Balaban J connectivity index is 1.67. The first kappa shape index (κ1) is 22.2. The number of hydrogen-bond donors (Lipinski definition) is 1. The second-order valence-corrected chi connectivity index (χ2v) is 7.64. The number of carbonyl (C=O) groups is 2. The third-order valence-electron chi connectivity index (χ3n) is 4.52. The maximum Gasteiger partial charge on any atom is 0.374 e. The van der Waals surface area contributed by atoms with Gasteiger partial charge in [0.15, 0.2) is 6.61 Å². The zero-order chi connectivity index (χ0) is 21.7. The molecule has 0 unspecified atom stereocenters. The minimum Gasteiger partial charge on any atom is -0.482 e. The third-order valence-corrected chi connectivity index (χ3v) is 5.05. The minimum atomic E-state index is -0.486. The van der Waals surface area contributed by atoms with Gasteiger partial charge in [0.05, 0.1) is 17.3 Å². The van der Waals surface area contributed by atoms with Crippen LogP contribution in [-0.4, -0.2) is 30.8 Å². The number of carbonyl (C=O) groups excluding carboxylic acids is 2. The fourth-order valence-electron chi connectivity index (χ4n) is 3.13. The smallest absolute Gasteiger partial charge is 0.374 e. The highest BCUT2D eigenvalue weighted by Gasteiger charge is 2.28. The highest BCUT2D eigenvalue weighted by Crippen LogP contribution is 2.30. The van der Waals surface area contributed by atoms with Crippen molar-refractivity contribution in [1.29, 1.82) is 0 Å². The Bertz CT molecular complexity index is 984. The first-order chi connectivity index (χ1) is 14.4. The largest absolute Gasteiger partial charge is 0.482 e. The number of benzene rings is 1. The number of esters is 1. The topological polar surface area (TPSA) is 90.1 Å². The summed E-state index contributed by atoms with van der Waals surface area (Å²) < 4.78 is 16.3. The van der Waals surface area contributed by atoms with Crippen LogP contribution in [0.5, 0.6) is 5.75 Å². The molecule has 160 valence electrons. The van der Waals surface area contributed by atoms with Crippen LogP contribution < -0.4 is 10.2 Å². The molecule has 1 heterocycles. The van der Waals surface area contributed by atoms with Crippen molar-refractivity contribution in [1.82, 2.24) is 5.43 Å². The minimum absolute atomic E-state index is 0.190. The molecule has 3 rings (SSSR count).